The average Bonchev–Trinajstić information content (AvgIpc) is 2.72. The molecule has 1 saturated carbocycles. The van der Waals surface area contributed by atoms with Crippen molar-refractivity contribution >= 4 is 15.8 Å². The van der Waals surface area contributed by atoms with Gasteiger partial charge in [-0.05, 0) is 49.8 Å². The molecule has 29 heavy (non-hydrogen) atoms. The number of piperazine rings is 1. The minimum atomic E-state index is -3.43. The first-order valence-corrected chi connectivity index (χ1v) is 11.8. The van der Waals surface area contributed by atoms with Crippen LogP contribution in [0.25, 0.3) is 0 Å². The fraction of sp³-hybridized carbons (Fsp3) is 0.632. The number of hydrogen-bond donors (Lipinski definition) is 2. The zero-order valence-electron chi connectivity index (χ0n) is 16.6. The molecule has 0 atom stereocenters. The van der Waals surface area contributed by atoms with Crippen molar-refractivity contribution in [1.82, 2.24) is 9.80 Å². The van der Waals surface area contributed by atoms with Crippen LogP contribution in [0, 0.1) is 11.7 Å². The average molecular weight is 429 g/mol. The summed E-state index contributed by atoms with van der Waals surface area (Å²) in [6.07, 6.45) is 5.19. The first kappa shape index (κ1) is 21.6. The van der Waals surface area contributed by atoms with E-state index in [1.54, 1.807) is 0 Å². The van der Waals surface area contributed by atoms with Gasteiger partial charge in [-0.3, -0.25) is 4.90 Å². The van der Waals surface area contributed by atoms with Crippen LogP contribution < -0.4 is 10.5 Å². The Kier molecular flexibility index (Phi) is 6.84. The molecule has 1 aromatic carbocycles. The van der Waals surface area contributed by atoms with Gasteiger partial charge in [0, 0.05) is 38.5 Å². The van der Waals surface area contributed by atoms with E-state index in [1.807, 2.05) is 4.90 Å². The van der Waals surface area contributed by atoms with Crippen LogP contribution in [-0.2, 0) is 9.84 Å². The summed E-state index contributed by atoms with van der Waals surface area (Å²) >= 11 is 0. The normalized spacial score (nSPS) is 24.5. The van der Waals surface area contributed by atoms with E-state index in [2.05, 4.69) is 10.1 Å². The topological polar surface area (TPSA) is 108 Å². The van der Waals surface area contributed by atoms with Gasteiger partial charge in [0.1, 0.15) is 0 Å². The molecule has 1 heterocycles. The van der Waals surface area contributed by atoms with Crippen LogP contribution in [0.2, 0.25) is 0 Å². The Bertz CT molecular complexity index is 833. The second-order valence-corrected chi connectivity index (χ2v) is 9.85. The molecule has 1 aliphatic carbocycles. The molecule has 1 aliphatic heterocycles. The predicted octanol–water partition coefficient (Wildman–Crippen LogP) is 1.49. The van der Waals surface area contributed by atoms with Gasteiger partial charge in [0.15, 0.2) is 21.4 Å². The van der Waals surface area contributed by atoms with E-state index in [4.69, 9.17) is 15.7 Å². The number of guanidine groups is 1. The van der Waals surface area contributed by atoms with Crippen LogP contribution in [-0.4, -0.2) is 74.5 Å². The van der Waals surface area contributed by atoms with Gasteiger partial charge in [-0.2, -0.15) is 0 Å². The molecule has 0 unspecified atom stereocenters. The smallest absolute Gasteiger partial charge is 0.233 e. The summed E-state index contributed by atoms with van der Waals surface area (Å²) in [5.41, 5.74) is 5.65. The van der Waals surface area contributed by atoms with Crippen LogP contribution in [0.4, 0.5) is 4.39 Å². The van der Waals surface area contributed by atoms with E-state index in [-0.39, 0.29) is 16.6 Å². The zero-order chi connectivity index (χ0) is 21.0. The third-order valence-electron chi connectivity index (χ3n) is 5.88. The van der Waals surface area contributed by atoms with Crippen LogP contribution >= 0.6 is 0 Å². The van der Waals surface area contributed by atoms with Gasteiger partial charge in [0.05, 0.1) is 11.5 Å². The Morgan fingerprint density at radius 2 is 1.90 bits per heavy atom. The third kappa shape index (κ3) is 5.51. The van der Waals surface area contributed by atoms with Crippen molar-refractivity contribution in [2.75, 3.05) is 39.0 Å². The van der Waals surface area contributed by atoms with Crippen LogP contribution in [0.3, 0.4) is 0 Å². The van der Waals surface area contributed by atoms with Gasteiger partial charge in [-0.25, -0.2) is 12.8 Å². The van der Waals surface area contributed by atoms with Gasteiger partial charge in [0.25, 0.3) is 0 Å². The van der Waals surface area contributed by atoms with E-state index in [9.17, 15) is 12.8 Å². The number of nitrogens with zero attached hydrogens (tertiary/aromatic N) is 3. The number of sulfone groups is 1. The fourth-order valence-electron chi connectivity index (χ4n) is 4.09. The Balaban J connectivity index is 1.44. The molecule has 0 radical (unpaired) electrons. The van der Waals surface area contributed by atoms with Crippen LogP contribution in [0.5, 0.6) is 5.75 Å². The van der Waals surface area contributed by atoms with Gasteiger partial charge >= 0.3 is 0 Å². The van der Waals surface area contributed by atoms with Crippen LogP contribution in [0.1, 0.15) is 25.7 Å². The highest BCUT2D eigenvalue weighted by atomic mass is 32.2. The SMILES string of the molecule is CS(=O)(=O)c1ccc(OCC2CCC(N3CCN(/C(N)=N/O)CC3)CC2)c(F)c1. The quantitative estimate of drug-likeness (QED) is 0.317. The standard InChI is InChI=1S/C19H29FN4O4S/c1-29(26,27)16-6-7-18(17(20)12-16)28-13-14-2-4-15(5-3-14)23-8-10-24(11-9-23)19(21)22-25/h6-7,12,14-15,25H,2-5,8-11,13H2,1H3,(H2,21,22). The molecule has 1 saturated heterocycles. The lowest BCUT2D eigenvalue weighted by molar-refractivity contribution is 0.0829. The molecule has 2 fully saturated rings. The highest BCUT2D eigenvalue weighted by molar-refractivity contribution is 7.90. The van der Waals surface area contributed by atoms with E-state index in [0.717, 1.165) is 64.2 Å². The lowest BCUT2D eigenvalue weighted by Gasteiger charge is -2.42. The fourth-order valence-corrected chi connectivity index (χ4v) is 4.73. The van der Waals surface area contributed by atoms with Gasteiger partial charge in [-0.1, -0.05) is 5.16 Å². The minimum absolute atomic E-state index is 0.0463. The number of oxime groups is 1. The van der Waals surface area contributed by atoms with E-state index in [1.165, 1.54) is 12.1 Å². The van der Waals surface area contributed by atoms with Crippen molar-refractivity contribution in [1.29, 1.82) is 0 Å². The van der Waals surface area contributed by atoms with E-state index < -0.39 is 15.7 Å². The number of hydrogen-bond acceptors (Lipinski definition) is 6. The van der Waals surface area contributed by atoms with Crippen molar-refractivity contribution < 1.29 is 22.8 Å². The predicted molar refractivity (Wildman–Crippen MR) is 107 cm³/mol. The lowest BCUT2D eigenvalue weighted by Crippen LogP contribution is -2.54. The minimum Gasteiger partial charge on any atom is -0.490 e. The molecule has 3 N–H and O–H groups in total. The van der Waals surface area contributed by atoms with Gasteiger partial charge in [0.2, 0.25) is 5.96 Å². The summed E-state index contributed by atoms with van der Waals surface area (Å²) in [5, 5.41) is 11.8. The van der Waals surface area contributed by atoms with Gasteiger partial charge < -0.3 is 20.6 Å². The summed E-state index contributed by atoms with van der Waals surface area (Å²) in [4.78, 5) is 4.29. The second-order valence-electron chi connectivity index (χ2n) is 7.83. The molecule has 0 aromatic heterocycles. The van der Waals surface area contributed by atoms with E-state index in [0.29, 0.717) is 18.6 Å². The number of rotatable bonds is 5. The highest BCUT2D eigenvalue weighted by Crippen LogP contribution is 2.29. The molecule has 10 heteroatoms. The largest absolute Gasteiger partial charge is 0.490 e. The van der Waals surface area contributed by atoms with E-state index >= 15 is 0 Å². The first-order chi connectivity index (χ1) is 13.8. The molecular weight excluding hydrogens is 399 g/mol. The third-order valence-corrected chi connectivity index (χ3v) is 6.99. The summed E-state index contributed by atoms with van der Waals surface area (Å²) in [7, 11) is -3.43. The molecule has 1 aromatic rings. The lowest BCUT2D eigenvalue weighted by atomic mass is 9.85. The van der Waals surface area contributed by atoms with Gasteiger partial charge in [-0.15, -0.1) is 0 Å². The Labute approximate surface area is 171 Å². The van der Waals surface area contributed by atoms with Crippen molar-refractivity contribution in [3.63, 3.8) is 0 Å². The maximum absolute atomic E-state index is 14.1. The Morgan fingerprint density at radius 3 is 2.45 bits per heavy atom. The molecule has 3 rings (SSSR count). The van der Waals surface area contributed by atoms with Crippen molar-refractivity contribution in [2.24, 2.45) is 16.8 Å². The summed E-state index contributed by atoms with van der Waals surface area (Å²) in [6.45, 7) is 3.71. The van der Waals surface area contributed by atoms with Crippen molar-refractivity contribution in [2.45, 2.75) is 36.6 Å². The molecule has 0 spiro atoms. The highest BCUT2D eigenvalue weighted by Gasteiger charge is 2.29. The molecule has 0 bridgehead atoms. The van der Waals surface area contributed by atoms with Crippen LogP contribution in [0.15, 0.2) is 28.3 Å². The molecule has 0 amide bonds. The molecule has 2 aliphatic rings. The van der Waals surface area contributed by atoms with Crippen molar-refractivity contribution in [3.8, 4) is 5.75 Å². The Hall–Kier alpha value is -2.07. The molecule has 162 valence electrons. The maximum atomic E-state index is 14.1. The second kappa shape index (κ2) is 9.17. The van der Waals surface area contributed by atoms with Crippen molar-refractivity contribution in [3.05, 3.63) is 24.0 Å². The number of halogens is 1. The monoisotopic (exact) mass is 428 g/mol. The first-order valence-electron chi connectivity index (χ1n) is 9.87. The number of benzene rings is 1. The Morgan fingerprint density at radius 1 is 1.24 bits per heavy atom. The summed E-state index contributed by atoms with van der Waals surface area (Å²) in [6, 6.07) is 4.29. The zero-order valence-corrected chi connectivity index (χ0v) is 17.4. The number of nitrogens with two attached hydrogens (primary N) is 1. The maximum Gasteiger partial charge on any atom is 0.233 e. The summed E-state index contributed by atoms with van der Waals surface area (Å²) in [5.74, 6) is -0.0232. The summed E-state index contributed by atoms with van der Waals surface area (Å²) < 4.78 is 42.7. The molecular formula is C19H29FN4O4S. The number of ether oxygens (including phenoxy) is 1. The molecule has 8 nitrogen and oxygen atoms in total.